The van der Waals surface area contributed by atoms with Crippen molar-refractivity contribution < 1.29 is 14.3 Å². The number of benzene rings is 3. The number of carbonyl (C=O) groups excluding carboxylic acids is 2. The van der Waals surface area contributed by atoms with E-state index in [1.165, 1.54) is 7.11 Å². The van der Waals surface area contributed by atoms with E-state index in [0.717, 1.165) is 47.4 Å². The fourth-order valence-corrected chi connectivity index (χ4v) is 4.32. The number of hydrogen-bond donors (Lipinski definition) is 2. The molecule has 0 bridgehead atoms. The molecular formula is C28H26ClN5O3. The van der Waals surface area contributed by atoms with Crippen molar-refractivity contribution in [3.8, 4) is 11.4 Å². The van der Waals surface area contributed by atoms with E-state index in [-0.39, 0.29) is 25.0 Å². The summed E-state index contributed by atoms with van der Waals surface area (Å²) in [4.78, 5) is 36.8. The Bertz CT molecular complexity index is 1460. The third-order valence-electron chi connectivity index (χ3n) is 6.16. The number of carbonyl (C=O) groups is 2. The zero-order chi connectivity index (χ0) is 25.8. The van der Waals surface area contributed by atoms with Crippen molar-refractivity contribution in [1.82, 2.24) is 15.3 Å². The molecular weight excluding hydrogens is 490 g/mol. The molecule has 1 saturated heterocycles. The number of fused-ring (bicyclic) bond motifs is 1. The number of nitrogens with one attached hydrogen (secondary N) is 2. The molecule has 0 radical (unpaired) electrons. The number of ether oxygens (including phenoxy) is 1. The number of halogens is 1. The van der Waals surface area contributed by atoms with Crippen molar-refractivity contribution in [1.29, 1.82) is 0 Å². The fraction of sp³-hybridized carbons (Fsp3) is 0.214. The van der Waals surface area contributed by atoms with Crippen LogP contribution in [0.5, 0.6) is 0 Å². The molecule has 3 aromatic carbocycles. The second kappa shape index (κ2) is 10.9. The minimum Gasteiger partial charge on any atom is -0.375 e. The molecule has 0 spiro atoms. The second-order valence-electron chi connectivity index (χ2n) is 8.79. The molecule has 1 aliphatic rings. The first kappa shape index (κ1) is 24.7. The molecule has 37 heavy (non-hydrogen) atoms. The van der Waals surface area contributed by atoms with Gasteiger partial charge in [0.25, 0.3) is 5.91 Å². The zero-order valence-electron chi connectivity index (χ0n) is 20.3. The van der Waals surface area contributed by atoms with Gasteiger partial charge in [-0.15, -0.1) is 0 Å². The monoisotopic (exact) mass is 515 g/mol. The Balaban J connectivity index is 1.42. The Kier molecular flexibility index (Phi) is 7.30. The van der Waals surface area contributed by atoms with Crippen molar-refractivity contribution in [2.24, 2.45) is 0 Å². The summed E-state index contributed by atoms with van der Waals surface area (Å²) < 4.78 is 4.82. The van der Waals surface area contributed by atoms with Crippen LogP contribution in [0.1, 0.15) is 22.3 Å². The van der Waals surface area contributed by atoms with Crippen LogP contribution in [0.4, 0.5) is 11.5 Å². The molecule has 0 unspecified atom stereocenters. The molecule has 1 aliphatic heterocycles. The molecule has 2 heterocycles. The predicted octanol–water partition coefficient (Wildman–Crippen LogP) is 4.68. The van der Waals surface area contributed by atoms with Gasteiger partial charge in [0, 0.05) is 43.4 Å². The van der Waals surface area contributed by atoms with Crippen molar-refractivity contribution in [2.75, 3.05) is 37.0 Å². The first-order chi connectivity index (χ1) is 18.0. The lowest BCUT2D eigenvalue weighted by atomic mass is 10.1. The molecule has 9 heteroatoms. The Morgan fingerprint density at radius 1 is 1.03 bits per heavy atom. The van der Waals surface area contributed by atoms with Gasteiger partial charge < -0.3 is 20.3 Å². The molecule has 1 aromatic heterocycles. The summed E-state index contributed by atoms with van der Waals surface area (Å²) in [5, 5.41) is 6.93. The smallest absolute Gasteiger partial charge is 0.257 e. The van der Waals surface area contributed by atoms with Crippen LogP contribution < -0.4 is 15.5 Å². The van der Waals surface area contributed by atoms with Gasteiger partial charge in [-0.1, -0.05) is 48.0 Å². The van der Waals surface area contributed by atoms with Crippen molar-refractivity contribution in [2.45, 2.75) is 13.0 Å². The summed E-state index contributed by atoms with van der Waals surface area (Å²) in [5.41, 5.74) is 3.34. The van der Waals surface area contributed by atoms with E-state index in [2.05, 4.69) is 15.5 Å². The lowest BCUT2D eigenvalue weighted by Crippen LogP contribution is -2.37. The minimum atomic E-state index is -0.352. The highest BCUT2D eigenvalue weighted by Crippen LogP contribution is 2.32. The summed E-state index contributed by atoms with van der Waals surface area (Å²) >= 11 is 6.34. The van der Waals surface area contributed by atoms with E-state index in [1.807, 2.05) is 48.5 Å². The summed E-state index contributed by atoms with van der Waals surface area (Å²) in [6, 6.07) is 20.6. The fourth-order valence-electron chi connectivity index (χ4n) is 4.11. The summed E-state index contributed by atoms with van der Waals surface area (Å²) in [5.74, 6) is 0.952. The van der Waals surface area contributed by atoms with E-state index in [0.29, 0.717) is 22.1 Å². The summed E-state index contributed by atoms with van der Waals surface area (Å²) in [7, 11) is 1.46. The molecule has 0 saturated carbocycles. The third kappa shape index (κ3) is 5.55. The largest absolute Gasteiger partial charge is 0.375 e. The van der Waals surface area contributed by atoms with Gasteiger partial charge in [0.15, 0.2) is 5.82 Å². The zero-order valence-corrected chi connectivity index (χ0v) is 21.1. The SMILES string of the molecule is COCC(=O)NCc1ccc(Cl)c(C(=O)Nc2ccc3c(N4CCC4)nc(-c4ccccc4)nc3c2)c1. The number of hydrogen-bond acceptors (Lipinski definition) is 6. The second-order valence-corrected chi connectivity index (χ2v) is 9.19. The van der Waals surface area contributed by atoms with Crippen LogP contribution in [-0.4, -0.2) is 48.6 Å². The van der Waals surface area contributed by atoms with Crippen LogP contribution in [0.25, 0.3) is 22.3 Å². The maximum atomic E-state index is 13.1. The average Bonchev–Trinajstić information content (AvgIpc) is 2.87. The van der Waals surface area contributed by atoms with Crippen LogP contribution in [0.2, 0.25) is 5.02 Å². The molecule has 5 rings (SSSR count). The van der Waals surface area contributed by atoms with Gasteiger partial charge in [-0.05, 0) is 42.3 Å². The third-order valence-corrected chi connectivity index (χ3v) is 6.49. The highest BCUT2D eigenvalue weighted by Gasteiger charge is 2.21. The molecule has 8 nitrogen and oxygen atoms in total. The molecule has 1 fully saturated rings. The summed E-state index contributed by atoms with van der Waals surface area (Å²) in [6.07, 6.45) is 1.14. The van der Waals surface area contributed by atoms with E-state index in [4.69, 9.17) is 26.3 Å². The lowest BCUT2D eigenvalue weighted by molar-refractivity contribution is -0.124. The van der Waals surface area contributed by atoms with E-state index < -0.39 is 0 Å². The van der Waals surface area contributed by atoms with Gasteiger partial charge >= 0.3 is 0 Å². The molecule has 188 valence electrons. The highest BCUT2D eigenvalue weighted by atomic mass is 35.5. The van der Waals surface area contributed by atoms with Crippen LogP contribution in [0.3, 0.4) is 0 Å². The number of aromatic nitrogens is 2. The van der Waals surface area contributed by atoms with E-state index in [9.17, 15) is 9.59 Å². The van der Waals surface area contributed by atoms with Crippen molar-refractivity contribution >= 4 is 45.8 Å². The van der Waals surface area contributed by atoms with Gasteiger partial charge in [-0.3, -0.25) is 9.59 Å². The number of anilines is 2. The lowest BCUT2D eigenvalue weighted by Gasteiger charge is -2.33. The molecule has 0 aliphatic carbocycles. The predicted molar refractivity (Wildman–Crippen MR) is 145 cm³/mol. The van der Waals surface area contributed by atoms with Crippen LogP contribution in [0, 0.1) is 0 Å². The van der Waals surface area contributed by atoms with Gasteiger partial charge in [-0.2, -0.15) is 0 Å². The van der Waals surface area contributed by atoms with Crippen molar-refractivity contribution in [3.05, 3.63) is 82.9 Å². The Morgan fingerprint density at radius 3 is 2.57 bits per heavy atom. The van der Waals surface area contributed by atoms with Gasteiger partial charge in [0.05, 0.1) is 16.1 Å². The number of nitrogens with zero attached hydrogens (tertiary/aromatic N) is 3. The van der Waals surface area contributed by atoms with Gasteiger partial charge in [0.1, 0.15) is 12.4 Å². The van der Waals surface area contributed by atoms with Crippen molar-refractivity contribution in [3.63, 3.8) is 0 Å². The average molecular weight is 516 g/mol. The Hall–Kier alpha value is -4.01. The maximum Gasteiger partial charge on any atom is 0.257 e. The van der Waals surface area contributed by atoms with Crippen LogP contribution in [0.15, 0.2) is 66.7 Å². The summed E-state index contributed by atoms with van der Waals surface area (Å²) in [6.45, 7) is 2.14. The number of methoxy groups -OCH3 is 1. The maximum absolute atomic E-state index is 13.1. The topological polar surface area (TPSA) is 96.4 Å². The standard InChI is InChI=1S/C28H26ClN5O3/c1-37-17-25(35)30-16-18-8-11-23(29)22(14-18)28(36)31-20-9-10-21-24(15-20)32-26(19-6-3-2-4-7-19)33-27(21)34-12-5-13-34/h2-4,6-11,14-15H,5,12-13,16-17H2,1H3,(H,30,35)(H,31,36). The first-order valence-corrected chi connectivity index (χ1v) is 12.4. The number of amides is 2. The molecule has 0 atom stereocenters. The Morgan fingerprint density at radius 2 is 1.84 bits per heavy atom. The first-order valence-electron chi connectivity index (χ1n) is 12.0. The quantitative estimate of drug-likeness (QED) is 0.354. The molecule has 4 aromatic rings. The van der Waals surface area contributed by atoms with Crippen LogP contribution in [-0.2, 0) is 16.1 Å². The Labute approximate surface area is 219 Å². The number of rotatable bonds is 8. The normalized spacial score (nSPS) is 12.8. The van der Waals surface area contributed by atoms with Crippen LogP contribution >= 0.6 is 11.6 Å². The van der Waals surface area contributed by atoms with E-state index >= 15 is 0 Å². The minimum absolute atomic E-state index is 0.0298. The van der Waals surface area contributed by atoms with Gasteiger partial charge in [-0.25, -0.2) is 9.97 Å². The highest BCUT2D eigenvalue weighted by molar-refractivity contribution is 6.34. The van der Waals surface area contributed by atoms with Gasteiger partial charge in [0.2, 0.25) is 5.91 Å². The van der Waals surface area contributed by atoms with E-state index in [1.54, 1.807) is 18.2 Å². The molecule has 2 amide bonds. The molecule has 2 N–H and O–H groups in total.